The van der Waals surface area contributed by atoms with Gasteiger partial charge in [-0.2, -0.15) is 0 Å². The molecule has 1 N–H and O–H groups in total. The minimum absolute atomic E-state index is 0.000134. The van der Waals surface area contributed by atoms with Crippen molar-refractivity contribution < 1.29 is 17.6 Å². The van der Waals surface area contributed by atoms with Crippen LogP contribution in [0.2, 0.25) is 0 Å². The van der Waals surface area contributed by atoms with E-state index in [4.69, 9.17) is 4.42 Å². The molecule has 1 aromatic carbocycles. The highest BCUT2D eigenvalue weighted by atomic mass is 32.2. The van der Waals surface area contributed by atoms with Gasteiger partial charge < -0.3 is 4.42 Å². The third-order valence-electron chi connectivity index (χ3n) is 3.51. The molecule has 0 unspecified atom stereocenters. The van der Waals surface area contributed by atoms with Gasteiger partial charge in [-0.1, -0.05) is 18.2 Å². The molecule has 0 aliphatic heterocycles. The van der Waals surface area contributed by atoms with E-state index in [9.17, 15) is 13.2 Å². The topological polar surface area (TPSA) is 76.4 Å². The van der Waals surface area contributed by atoms with Crippen LogP contribution in [0.3, 0.4) is 0 Å². The second kappa shape index (κ2) is 5.96. The molecule has 5 nitrogen and oxygen atoms in total. The monoisotopic (exact) mass is 321 g/mol. The van der Waals surface area contributed by atoms with Gasteiger partial charge in [-0.05, 0) is 44.4 Å². The van der Waals surface area contributed by atoms with Crippen molar-refractivity contribution in [1.29, 1.82) is 0 Å². The SMILES string of the molecule is Cc1cc(S(=O)(=O)NC(=O)Cc2c(C)cccc2C)c(C)o1. The standard InChI is InChI=1S/C16H19NO4S/c1-10-6-5-7-11(2)14(10)9-16(18)17-22(19,20)15-8-12(3)21-13(15)4/h5-8H,9H2,1-4H3,(H,17,18). The molecule has 0 saturated heterocycles. The lowest BCUT2D eigenvalue weighted by atomic mass is 10.0. The summed E-state index contributed by atoms with van der Waals surface area (Å²) in [5.74, 6) is 0.195. The summed E-state index contributed by atoms with van der Waals surface area (Å²) in [6.07, 6.45) is 0.0214. The summed E-state index contributed by atoms with van der Waals surface area (Å²) in [5, 5.41) is 0. The maximum absolute atomic E-state index is 12.2. The van der Waals surface area contributed by atoms with E-state index in [1.165, 1.54) is 6.07 Å². The molecule has 22 heavy (non-hydrogen) atoms. The van der Waals surface area contributed by atoms with Crippen molar-refractivity contribution in [3.05, 3.63) is 52.5 Å². The Kier molecular flexibility index (Phi) is 4.42. The summed E-state index contributed by atoms with van der Waals surface area (Å²) in [6.45, 7) is 7.00. The van der Waals surface area contributed by atoms with Gasteiger partial charge in [0.1, 0.15) is 16.4 Å². The molecule has 6 heteroatoms. The van der Waals surface area contributed by atoms with Crippen molar-refractivity contribution >= 4 is 15.9 Å². The Morgan fingerprint density at radius 2 is 1.73 bits per heavy atom. The third kappa shape index (κ3) is 3.39. The number of furan rings is 1. The van der Waals surface area contributed by atoms with E-state index in [2.05, 4.69) is 4.72 Å². The molecule has 2 aromatic rings. The Bertz CT molecular complexity index is 798. The summed E-state index contributed by atoms with van der Waals surface area (Å²) in [4.78, 5) is 12.1. The Labute approximate surface area is 130 Å². The number of carbonyl (C=O) groups excluding carboxylic acids is 1. The fourth-order valence-electron chi connectivity index (χ4n) is 2.40. The summed E-state index contributed by atoms with van der Waals surface area (Å²) in [7, 11) is -3.91. The predicted octanol–water partition coefficient (Wildman–Crippen LogP) is 2.56. The highest BCUT2D eigenvalue weighted by Gasteiger charge is 2.23. The Balaban J connectivity index is 2.20. The predicted molar refractivity (Wildman–Crippen MR) is 83.1 cm³/mol. The molecular formula is C16H19NO4S. The number of sulfonamides is 1. The average molecular weight is 321 g/mol. The van der Waals surface area contributed by atoms with Crippen LogP contribution in [-0.2, 0) is 21.2 Å². The van der Waals surface area contributed by atoms with Crippen molar-refractivity contribution in [1.82, 2.24) is 4.72 Å². The van der Waals surface area contributed by atoms with Crippen LogP contribution in [0.15, 0.2) is 33.6 Å². The summed E-state index contributed by atoms with van der Waals surface area (Å²) < 4.78 is 31.8. The molecule has 0 aliphatic rings. The summed E-state index contributed by atoms with van der Waals surface area (Å²) >= 11 is 0. The Morgan fingerprint density at radius 3 is 2.23 bits per heavy atom. The van der Waals surface area contributed by atoms with E-state index < -0.39 is 15.9 Å². The largest absolute Gasteiger partial charge is 0.465 e. The van der Waals surface area contributed by atoms with Gasteiger partial charge >= 0.3 is 0 Å². The summed E-state index contributed by atoms with van der Waals surface area (Å²) in [5.41, 5.74) is 2.76. The second-order valence-electron chi connectivity index (χ2n) is 5.35. The molecule has 1 amide bonds. The first kappa shape index (κ1) is 16.3. The van der Waals surface area contributed by atoms with Crippen molar-refractivity contribution in [2.45, 2.75) is 39.0 Å². The number of rotatable bonds is 4. The smallest absolute Gasteiger partial charge is 0.267 e. The number of hydrogen-bond acceptors (Lipinski definition) is 4. The first-order chi connectivity index (χ1) is 10.2. The van der Waals surface area contributed by atoms with E-state index in [0.29, 0.717) is 5.76 Å². The zero-order valence-electron chi connectivity index (χ0n) is 13.1. The van der Waals surface area contributed by atoms with Crippen LogP contribution in [0.4, 0.5) is 0 Å². The van der Waals surface area contributed by atoms with E-state index in [1.54, 1.807) is 13.8 Å². The molecule has 118 valence electrons. The average Bonchev–Trinajstić information content (AvgIpc) is 2.73. The van der Waals surface area contributed by atoms with Gasteiger partial charge in [0.2, 0.25) is 5.91 Å². The fourth-order valence-corrected chi connectivity index (χ4v) is 3.63. The quantitative estimate of drug-likeness (QED) is 0.939. The van der Waals surface area contributed by atoms with Gasteiger partial charge in [-0.15, -0.1) is 0 Å². The maximum Gasteiger partial charge on any atom is 0.267 e. The van der Waals surface area contributed by atoms with E-state index in [0.717, 1.165) is 16.7 Å². The van der Waals surface area contributed by atoms with Crippen LogP contribution in [0.5, 0.6) is 0 Å². The van der Waals surface area contributed by atoms with Gasteiger partial charge in [-0.25, -0.2) is 13.1 Å². The van der Waals surface area contributed by atoms with Gasteiger partial charge in [-0.3, -0.25) is 4.79 Å². The molecule has 0 atom stereocenters. The number of nitrogens with one attached hydrogen (secondary N) is 1. The van der Waals surface area contributed by atoms with Gasteiger partial charge in [0.05, 0.1) is 6.42 Å². The van der Waals surface area contributed by atoms with E-state index in [1.807, 2.05) is 32.0 Å². The minimum atomic E-state index is -3.91. The third-order valence-corrected chi connectivity index (χ3v) is 5.00. The van der Waals surface area contributed by atoms with Crippen molar-refractivity contribution in [2.24, 2.45) is 0 Å². The van der Waals surface area contributed by atoms with Crippen LogP contribution < -0.4 is 4.72 Å². The lowest BCUT2D eigenvalue weighted by molar-refractivity contribution is -0.118. The molecule has 0 spiro atoms. The Hall–Kier alpha value is -2.08. The molecule has 2 rings (SSSR count). The fraction of sp³-hybridized carbons (Fsp3) is 0.312. The normalized spacial score (nSPS) is 11.5. The zero-order valence-corrected chi connectivity index (χ0v) is 13.9. The first-order valence-corrected chi connectivity index (χ1v) is 8.37. The van der Waals surface area contributed by atoms with Crippen LogP contribution in [0.1, 0.15) is 28.2 Å². The Morgan fingerprint density at radius 1 is 1.14 bits per heavy atom. The molecule has 1 heterocycles. The van der Waals surface area contributed by atoms with Crippen LogP contribution in [0, 0.1) is 27.7 Å². The van der Waals surface area contributed by atoms with E-state index in [-0.39, 0.29) is 17.1 Å². The highest BCUT2D eigenvalue weighted by molar-refractivity contribution is 7.90. The van der Waals surface area contributed by atoms with E-state index >= 15 is 0 Å². The molecule has 0 fully saturated rings. The van der Waals surface area contributed by atoms with Crippen molar-refractivity contribution in [3.8, 4) is 0 Å². The number of benzene rings is 1. The minimum Gasteiger partial charge on any atom is -0.465 e. The zero-order chi connectivity index (χ0) is 16.5. The maximum atomic E-state index is 12.2. The second-order valence-corrected chi connectivity index (χ2v) is 7.00. The van der Waals surface area contributed by atoms with Gasteiger partial charge in [0, 0.05) is 6.07 Å². The number of hydrogen-bond donors (Lipinski definition) is 1. The highest BCUT2D eigenvalue weighted by Crippen LogP contribution is 2.19. The van der Waals surface area contributed by atoms with Crippen molar-refractivity contribution in [3.63, 3.8) is 0 Å². The van der Waals surface area contributed by atoms with Crippen LogP contribution >= 0.6 is 0 Å². The number of aryl methyl sites for hydroxylation is 4. The van der Waals surface area contributed by atoms with Gasteiger partial charge in [0.15, 0.2) is 0 Å². The van der Waals surface area contributed by atoms with Crippen LogP contribution in [-0.4, -0.2) is 14.3 Å². The molecular weight excluding hydrogens is 302 g/mol. The molecule has 0 saturated carbocycles. The number of amides is 1. The number of carbonyl (C=O) groups is 1. The van der Waals surface area contributed by atoms with Gasteiger partial charge in [0.25, 0.3) is 10.0 Å². The molecule has 0 aliphatic carbocycles. The molecule has 0 radical (unpaired) electrons. The molecule has 1 aromatic heterocycles. The lowest BCUT2D eigenvalue weighted by Crippen LogP contribution is -2.32. The lowest BCUT2D eigenvalue weighted by Gasteiger charge is -2.10. The van der Waals surface area contributed by atoms with Crippen LogP contribution in [0.25, 0.3) is 0 Å². The van der Waals surface area contributed by atoms with Crippen molar-refractivity contribution in [2.75, 3.05) is 0 Å². The molecule has 0 bridgehead atoms. The first-order valence-electron chi connectivity index (χ1n) is 6.88. The summed E-state index contributed by atoms with van der Waals surface area (Å²) in [6, 6.07) is 7.10.